The highest BCUT2D eigenvalue weighted by molar-refractivity contribution is 6.44. The minimum absolute atomic E-state index is 0.346. The van der Waals surface area contributed by atoms with Crippen LogP contribution in [0.3, 0.4) is 0 Å². The third kappa shape index (κ3) is 3.57. The van der Waals surface area contributed by atoms with Crippen LogP contribution in [0.15, 0.2) is 24.3 Å². The van der Waals surface area contributed by atoms with Gasteiger partial charge >= 0.3 is 0 Å². The first kappa shape index (κ1) is 17.9. The Labute approximate surface area is 152 Å². The molecule has 22 heavy (non-hydrogen) atoms. The maximum atomic E-state index is 6.46. The molecule has 0 aromatic heterocycles. The summed E-state index contributed by atoms with van der Waals surface area (Å²) in [7, 11) is 0. The molecule has 0 fully saturated rings. The van der Waals surface area contributed by atoms with Gasteiger partial charge in [-0.25, -0.2) is 0 Å². The smallest absolute Gasteiger partial charge is 0.0503 e. The van der Waals surface area contributed by atoms with E-state index in [1.807, 2.05) is 24.3 Å². The van der Waals surface area contributed by atoms with Gasteiger partial charge in [0.1, 0.15) is 0 Å². The van der Waals surface area contributed by atoms with E-state index >= 15 is 0 Å². The molecular weight excluding hydrogens is 358 g/mol. The van der Waals surface area contributed by atoms with Crippen LogP contribution in [0.1, 0.15) is 50.7 Å². The molecular formula is C18H18Cl4. The fourth-order valence-corrected chi connectivity index (χ4v) is 3.72. The van der Waals surface area contributed by atoms with Crippen LogP contribution >= 0.6 is 46.4 Å². The quantitative estimate of drug-likeness (QED) is 0.506. The highest BCUT2D eigenvalue weighted by Gasteiger charge is 2.19. The summed E-state index contributed by atoms with van der Waals surface area (Å²) in [5.41, 5.74) is 3.56. The molecule has 2 rings (SSSR count). The normalized spacial score (nSPS) is 11.5. The van der Waals surface area contributed by atoms with Crippen LogP contribution in [0.5, 0.6) is 0 Å². The molecule has 0 unspecified atom stereocenters. The zero-order valence-corrected chi connectivity index (χ0v) is 16.0. The third-order valence-electron chi connectivity index (χ3n) is 3.71. The van der Waals surface area contributed by atoms with Crippen LogP contribution < -0.4 is 0 Å². The van der Waals surface area contributed by atoms with Crippen LogP contribution in [0.4, 0.5) is 0 Å². The van der Waals surface area contributed by atoms with Gasteiger partial charge in [-0.3, -0.25) is 0 Å². The number of hydrogen-bond acceptors (Lipinski definition) is 0. The molecule has 0 aliphatic carbocycles. The molecule has 0 radical (unpaired) electrons. The Bertz CT molecular complexity index is 595. The first-order chi connectivity index (χ1) is 10.2. The second-order valence-electron chi connectivity index (χ2n) is 6.03. The average Bonchev–Trinajstić information content (AvgIpc) is 2.40. The van der Waals surface area contributed by atoms with E-state index in [2.05, 4.69) is 27.7 Å². The molecule has 0 amide bonds. The lowest BCUT2D eigenvalue weighted by molar-refractivity contribution is 0.866. The summed E-state index contributed by atoms with van der Waals surface area (Å²) < 4.78 is 0. The van der Waals surface area contributed by atoms with Crippen molar-refractivity contribution >= 4 is 46.4 Å². The van der Waals surface area contributed by atoms with Gasteiger partial charge in [-0.15, -0.1) is 0 Å². The van der Waals surface area contributed by atoms with E-state index in [-0.39, 0.29) is 0 Å². The van der Waals surface area contributed by atoms with Crippen molar-refractivity contribution in [3.63, 3.8) is 0 Å². The number of rotatable bonds is 3. The molecule has 0 saturated carbocycles. The Morgan fingerprint density at radius 1 is 0.545 bits per heavy atom. The maximum absolute atomic E-state index is 6.46. The first-order valence-electron chi connectivity index (χ1n) is 7.20. The summed E-state index contributed by atoms with van der Waals surface area (Å²) in [6, 6.07) is 7.71. The van der Waals surface area contributed by atoms with E-state index in [0.29, 0.717) is 43.1 Å². The summed E-state index contributed by atoms with van der Waals surface area (Å²) in [5, 5.41) is 2.27. The average molecular weight is 376 g/mol. The summed E-state index contributed by atoms with van der Waals surface area (Å²) in [4.78, 5) is 0. The highest BCUT2D eigenvalue weighted by atomic mass is 35.5. The van der Waals surface area contributed by atoms with Crippen molar-refractivity contribution in [1.82, 2.24) is 0 Å². The summed E-state index contributed by atoms with van der Waals surface area (Å²) in [6.07, 6.45) is 0. The SMILES string of the molecule is CC(C)c1cc(Cl)c(-c2c(Cl)cc(C(C)C)cc2Cl)c(Cl)c1. The van der Waals surface area contributed by atoms with Gasteiger partial charge in [-0.05, 0) is 47.2 Å². The maximum Gasteiger partial charge on any atom is 0.0503 e. The van der Waals surface area contributed by atoms with Crippen LogP contribution in [0, 0.1) is 0 Å². The standard InChI is InChI=1S/C18H18Cl4/c1-9(2)11-5-13(19)17(14(20)6-11)18-15(21)7-12(10(3)4)8-16(18)22/h5-10H,1-4H3. The predicted molar refractivity (Wildman–Crippen MR) is 100 cm³/mol. The topological polar surface area (TPSA) is 0 Å². The van der Waals surface area contributed by atoms with E-state index in [1.54, 1.807) is 0 Å². The largest absolute Gasteiger partial charge is 0.0836 e. The minimum atomic E-state index is 0.346. The molecule has 118 valence electrons. The van der Waals surface area contributed by atoms with Gasteiger partial charge in [-0.1, -0.05) is 74.1 Å². The van der Waals surface area contributed by atoms with E-state index in [9.17, 15) is 0 Å². The summed E-state index contributed by atoms with van der Waals surface area (Å²) in [6.45, 7) is 8.39. The fourth-order valence-electron chi connectivity index (χ4n) is 2.33. The van der Waals surface area contributed by atoms with Crippen molar-refractivity contribution in [2.45, 2.75) is 39.5 Å². The zero-order chi connectivity index (χ0) is 16.6. The Morgan fingerprint density at radius 2 is 0.773 bits per heavy atom. The van der Waals surface area contributed by atoms with Crippen molar-refractivity contribution in [3.8, 4) is 11.1 Å². The van der Waals surface area contributed by atoms with Gasteiger partial charge in [-0.2, -0.15) is 0 Å². The fraction of sp³-hybridized carbons (Fsp3) is 0.333. The van der Waals surface area contributed by atoms with Gasteiger partial charge in [0.2, 0.25) is 0 Å². The monoisotopic (exact) mass is 374 g/mol. The first-order valence-corrected chi connectivity index (χ1v) is 8.71. The van der Waals surface area contributed by atoms with Crippen LogP contribution in [-0.4, -0.2) is 0 Å². The van der Waals surface area contributed by atoms with Crippen molar-refractivity contribution in [2.75, 3.05) is 0 Å². The van der Waals surface area contributed by atoms with Crippen molar-refractivity contribution < 1.29 is 0 Å². The molecule has 2 aromatic carbocycles. The van der Waals surface area contributed by atoms with Crippen molar-refractivity contribution in [1.29, 1.82) is 0 Å². The van der Waals surface area contributed by atoms with Crippen molar-refractivity contribution in [3.05, 3.63) is 55.5 Å². The molecule has 0 atom stereocenters. The number of hydrogen-bond donors (Lipinski definition) is 0. The summed E-state index contributed by atoms with van der Waals surface area (Å²) in [5.74, 6) is 0.691. The third-order valence-corrected chi connectivity index (χ3v) is 4.90. The van der Waals surface area contributed by atoms with Gasteiger partial charge in [0.25, 0.3) is 0 Å². The molecule has 0 nitrogen and oxygen atoms in total. The molecule has 4 heteroatoms. The minimum Gasteiger partial charge on any atom is -0.0836 e. The molecule has 0 N–H and O–H groups in total. The summed E-state index contributed by atoms with van der Waals surface area (Å²) >= 11 is 25.8. The highest BCUT2D eigenvalue weighted by Crippen LogP contribution is 2.44. The molecule has 0 heterocycles. The second kappa shape index (κ2) is 7.01. The zero-order valence-electron chi connectivity index (χ0n) is 13.0. The van der Waals surface area contributed by atoms with Gasteiger partial charge in [0.05, 0.1) is 20.1 Å². The van der Waals surface area contributed by atoms with Crippen LogP contribution in [0.2, 0.25) is 20.1 Å². The lowest BCUT2D eigenvalue weighted by Gasteiger charge is -2.16. The number of benzene rings is 2. The molecule has 0 bridgehead atoms. The number of halogens is 4. The molecule has 0 spiro atoms. The van der Waals surface area contributed by atoms with E-state index in [1.165, 1.54) is 0 Å². The van der Waals surface area contributed by atoms with E-state index < -0.39 is 0 Å². The second-order valence-corrected chi connectivity index (χ2v) is 7.66. The predicted octanol–water partition coefficient (Wildman–Crippen LogP) is 8.21. The Hall–Kier alpha value is -0.400. The van der Waals surface area contributed by atoms with Crippen LogP contribution in [0.25, 0.3) is 11.1 Å². The lowest BCUT2D eigenvalue weighted by atomic mass is 9.96. The van der Waals surface area contributed by atoms with Gasteiger partial charge in [0.15, 0.2) is 0 Å². The van der Waals surface area contributed by atoms with E-state index in [0.717, 1.165) is 11.1 Å². The van der Waals surface area contributed by atoms with Gasteiger partial charge in [0, 0.05) is 11.1 Å². The van der Waals surface area contributed by atoms with Crippen LogP contribution in [-0.2, 0) is 0 Å². The Morgan fingerprint density at radius 3 is 0.955 bits per heavy atom. The van der Waals surface area contributed by atoms with Crippen molar-refractivity contribution in [2.24, 2.45) is 0 Å². The van der Waals surface area contributed by atoms with Gasteiger partial charge < -0.3 is 0 Å². The molecule has 0 aliphatic heterocycles. The lowest BCUT2D eigenvalue weighted by Crippen LogP contribution is -1.94. The van der Waals surface area contributed by atoms with E-state index in [4.69, 9.17) is 46.4 Å². The molecule has 0 aliphatic rings. The molecule has 0 saturated heterocycles. The Kier molecular flexibility index (Phi) is 5.72. The Balaban J connectivity index is 2.67. The molecule has 2 aromatic rings.